The van der Waals surface area contributed by atoms with Crippen molar-refractivity contribution in [3.8, 4) is 0 Å². The van der Waals surface area contributed by atoms with Crippen molar-refractivity contribution < 1.29 is 0 Å². The highest BCUT2D eigenvalue weighted by atomic mass is 35.5. The Morgan fingerprint density at radius 1 is 0.682 bits per heavy atom. The van der Waals surface area contributed by atoms with E-state index in [1.54, 1.807) is 0 Å². The summed E-state index contributed by atoms with van der Waals surface area (Å²) in [4.78, 5) is 1.38. The first-order valence-corrected chi connectivity index (χ1v) is 8.56. The van der Waals surface area contributed by atoms with Gasteiger partial charge < -0.3 is 4.90 Å². The smallest absolute Gasteiger partial charge is 0.184 e. The maximum atomic E-state index is 6.36. The van der Waals surface area contributed by atoms with Crippen molar-refractivity contribution in [3.63, 3.8) is 0 Å². The van der Waals surface area contributed by atoms with Crippen molar-refractivity contribution in [2.75, 3.05) is 4.90 Å². The van der Waals surface area contributed by atoms with Crippen molar-refractivity contribution in [1.82, 2.24) is 0 Å². The molecule has 1 nitrogen and oxygen atoms in total. The van der Waals surface area contributed by atoms with E-state index in [2.05, 4.69) is 64.1 Å². The summed E-state index contributed by atoms with van der Waals surface area (Å²) in [6.45, 7) is 8.73. The van der Waals surface area contributed by atoms with Crippen molar-refractivity contribution in [2.24, 2.45) is 0 Å². The van der Waals surface area contributed by atoms with Gasteiger partial charge in [0.15, 0.2) is 4.96 Å². The van der Waals surface area contributed by atoms with E-state index < -0.39 is 4.96 Å². The van der Waals surface area contributed by atoms with E-state index in [1.165, 1.54) is 11.1 Å². The Morgan fingerprint density at radius 3 is 1.36 bits per heavy atom. The van der Waals surface area contributed by atoms with Crippen LogP contribution in [0.2, 0.25) is 0 Å². The molecule has 2 rings (SSSR count). The SMILES string of the molecule is CC(C)c1ccccc1N(c1ccccc1C(C)C)C(Cl)Cl. The lowest BCUT2D eigenvalue weighted by atomic mass is 9.97. The minimum atomic E-state index is -0.639. The average Bonchev–Trinajstić information content (AvgIpc) is 2.47. The van der Waals surface area contributed by atoms with E-state index in [4.69, 9.17) is 23.2 Å². The molecule has 118 valence electrons. The predicted octanol–water partition coefficient (Wildman–Crippen LogP) is 6.83. The average molecular weight is 336 g/mol. The van der Waals surface area contributed by atoms with Crippen LogP contribution in [0.5, 0.6) is 0 Å². The molecule has 0 aliphatic rings. The Bertz CT molecular complexity index is 569. The zero-order valence-corrected chi connectivity index (χ0v) is 15.1. The summed E-state index contributed by atoms with van der Waals surface area (Å²) in [6, 6.07) is 16.6. The fraction of sp³-hybridized carbons (Fsp3) is 0.368. The molecule has 0 aliphatic carbocycles. The molecule has 0 amide bonds. The van der Waals surface area contributed by atoms with Gasteiger partial charge in [-0.1, -0.05) is 87.3 Å². The third-order valence-electron chi connectivity index (χ3n) is 3.83. The molecule has 0 atom stereocenters. The topological polar surface area (TPSA) is 3.24 Å². The largest absolute Gasteiger partial charge is 0.311 e. The fourth-order valence-electron chi connectivity index (χ4n) is 2.73. The molecule has 3 heteroatoms. The monoisotopic (exact) mass is 335 g/mol. The number of para-hydroxylation sites is 2. The zero-order chi connectivity index (χ0) is 16.3. The van der Waals surface area contributed by atoms with Crippen LogP contribution in [0.3, 0.4) is 0 Å². The van der Waals surface area contributed by atoms with Gasteiger partial charge in [0, 0.05) is 11.4 Å². The van der Waals surface area contributed by atoms with E-state index in [9.17, 15) is 0 Å². The molecule has 0 bridgehead atoms. The maximum absolute atomic E-state index is 6.36. The molecule has 0 fully saturated rings. The molecule has 0 heterocycles. The minimum absolute atomic E-state index is 0.400. The summed E-state index contributed by atoms with van der Waals surface area (Å²) < 4.78 is 0. The number of halogens is 2. The van der Waals surface area contributed by atoms with Gasteiger partial charge in [-0.25, -0.2) is 0 Å². The molecule has 0 unspecified atom stereocenters. The Kier molecular flexibility index (Phi) is 5.77. The molecular weight excluding hydrogens is 313 g/mol. The van der Waals surface area contributed by atoms with Crippen LogP contribution in [-0.2, 0) is 0 Å². The molecule has 2 aromatic carbocycles. The number of benzene rings is 2. The lowest BCUT2D eigenvalue weighted by molar-refractivity contribution is 0.844. The van der Waals surface area contributed by atoms with Crippen molar-refractivity contribution >= 4 is 34.6 Å². The van der Waals surface area contributed by atoms with Gasteiger partial charge in [-0.3, -0.25) is 0 Å². The molecule has 2 aromatic rings. The fourth-order valence-corrected chi connectivity index (χ4v) is 3.15. The van der Waals surface area contributed by atoms with E-state index in [1.807, 2.05) is 17.0 Å². The number of alkyl halides is 2. The first kappa shape index (κ1) is 17.2. The lowest BCUT2D eigenvalue weighted by Gasteiger charge is -2.31. The van der Waals surface area contributed by atoms with Crippen LogP contribution >= 0.6 is 23.2 Å². The van der Waals surface area contributed by atoms with Crippen LogP contribution < -0.4 is 4.90 Å². The first-order chi connectivity index (χ1) is 10.4. The van der Waals surface area contributed by atoms with Gasteiger partial charge in [0.2, 0.25) is 0 Å². The van der Waals surface area contributed by atoms with Gasteiger partial charge in [-0.2, -0.15) is 0 Å². The molecule has 22 heavy (non-hydrogen) atoms. The summed E-state index contributed by atoms with van der Waals surface area (Å²) in [5, 5.41) is 0. The van der Waals surface area contributed by atoms with Crippen LogP contribution in [0.25, 0.3) is 0 Å². The molecule has 0 spiro atoms. The minimum Gasteiger partial charge on any atom is -0.311 e. The Morgan fingerprint density at radius 2 is 1.05 bits per heavy atom. The first-order valence-electron chi connectivity index (χ1n) is 7.68. The van der Waals surface area contributed by atoms with Crippen molar-refractivity contribution in [1.29, 1.82) is 0 Å². The maximum Gasteiger partial charge on any atom is 0.184 e. The van der Waals surface area contributed by atoms with Gasteiger partial charge in [0.05, 0.1) is 0 Å². The molecule has 0 radical (unpaired) electrons. The Balaban J connectivity index is 2.63. The standard InChI is InChI=1S/C19H23Cl2N/c1-13(2)15-9-5-7-11-17(15)22(19(20)21)18-12-8-6-10-16(18)14(3)4/h5-14,19H,1-4H3. The number of hydrogen-bond donors (Lipinski definition) is 0. The molecule has 0 aromatic heterocycles. The molecule has 0 aliphatic heterocycles. The Labute approximate surface area is 143 Å². The van der Waals surface area contributed by atoms with Crippen LogP contribution in [0.4, 0.5) is 11.4 Å². The Hall–Kier alpha value is -1.18. The van der Waals surface area contributed by atoms with Gasteiger partial charge in [0.1, 0.15) is 0 Å². The molecule has 0 saturated carbocycles. The van der Waals surface area contributed by atoms with Gasteiger partial charge in [0.25, 0.3) is 0 Å². The normalized spacial score (nSPS) is 11.5. The summed E-state index contributed by atoms with van der Waals surface area (Å²) in [7, 11) is 0. The summed E-state index contributed by atoms with van der Waals surface area (Å²) in [6.07, 6.45) is 0. The zero-order valence-electron chi connectivity index (χ0n) is 13.6. The molecular formula is C19H23Cl2N. The highest BCUT2D eigenvalue weighted by Gasteiger charge is 2.23. The van der Waals surface area contributed by atoms with Crippen LogP contribution in [0, 0.1) is 0 Å². The lowest BCUT2D eigenvalue weighted by Crippen LogP contribution is -2.24. The summed E-state index contributed by atoms with van der Waals surface area (Å²) in [5.74, 6) is 0.800. The van der Waals surface area contributed by atoms with Crippen molar-refractivity contribution in [2.45, 2.75) is 44.5 Å². The number of rotatable bonds is 5. The van der Waals surface area contributed by atoms with Crippen LogP contribution in [-0.4, -0.2) is 4.96 Å². The quantitative estimate of drug-likeness (QED) is 0.427. The van der Waals surface area contributed by atoms with E-state index in [0.29, 0.717) is 11.8 Å². The van der Waals surface area contributed by atoms with Gasteiger partial charge in [-0.15, -0.1) is 0 Å². The van der Waals surface area contributed by atoms with E-state index >= 15 is 0 Å². The number of hydrogen-bond acceptors (Lipinski definition) is 1. The summed E-state index contributed by atoms with van der Waals surface area (Å²) in [5.41, 5.74) is 4.63. The van der Waals surface area contributed by atoms with Crippen LogP contribution in [0.1, 0.15) is 50.7 Å². The van der Waals surface area contributed by atoms with Gasteiger partial charge >= 0.3 is 0 Å². The van der Waals surface area contributed by atoms with E-state index in [0.717, 1.165) is 11.4 Å². The van der Waals surface area contributed by atoms with Gasteiger partial charge in [-0.05, 0) is 35.1 Å². The number of nitrogens with zero attached hydrogens (tertiary/aromatic N) is 1. The highest BCUT2D eigenvalue weighted by Crippen LogP contribution is 2.39. The molecule has 0 saturated heterocycles. The third kappa shape index (κ3) is 3.59. The van der Waals surface area contributed by atoms with E-state index in [-0.39, 0.29) is 0 Å². The second kappa shape index (κ2) is 7.39. The third-order valence-corrected chi connectivity index (χ3v) is 4.22. The second-order valence-electron chi connectivity index (χ2n) is 6.07. The molecule has 0 N–H and O–H groups in total. The van der Waals surface area contributed by atoms with Crippen LogP contribution in [0.15, 0.2) is 48.5 Å². The van der Waals surface area contributed by atoms with Crippen molar-refractivity contribution in [3.05, 3.63) is 59.7 Å². The summed E-state index contributed by atoms with van der Waals surface area (Å²) >= 11 is 12.7. The number of anilines is 2. The predicted molar refractivity (Wildman–Crippen MR) is 98.7 cm³/mol. The second-order valence-corrected chi connectivity index (χ2v) is 7.12. The highest BCUT2D eigenvalue weighted by molar-refractivity contribution is 6.46.